The molecule has 2 aromatic carbocycles. The van der Waals surface area contributed by atoms with E-state index in [1.165, 1.54) is 41.9 Å². The largest absolute Gasteiger partial charge is 0.494 e. The predicted molar refractivity (Wildman–Crippen MR) is 246 cm³/mol. The molecule has 1 aliphatic heterocycles. The van der Waals surface area contributed by atoms with Gasteiger partial charge < -0.3 is 30.1 Å². The second kappa shape index (κ2) is 19.3. The van der Waals surface area contributed by atoms with Crippen molar-refractivity contribution < 1.29 is 37.1 Å². The maximum atomic E-state index is 13.8. The number of rotatable bonds is 16. The minimum Gasteiger partial charge on any atom is -0.494 e. The fourth-order valence-corrected chi connectivity index (χ4v) is 8.69. The van der Waals surface area contributed by atoms with Crippen LogP contribution < -0.4 is 31.6 Å². The van der Waals surface area contributed by atoms with Gasteiger partial charge in [-0.15, -0.1) is 0 Å². The summed E-state index contributed by atoms with van der Waals surface area (Å²) < 4.78 is 43.9. The van der Waals surface area contributed by atoms with Crippen molar-refractivity contribution in [2.45, 2.75) is 66.7 Å². The number of benzene rings is 2. The van der Waals surface area contributed by atoms with Crippen molar-refractivity contribution in [1.82, 2.24) is 43.0 Å². The predicted octanol–water partition coefficient (Wildman–Crippen LogP) is 3.46. The number of hydrogen-bond donors (Lipinski definition) is 4. The first-order valence-electron chi connectivity index (χ1n) is 21.1. The van der Waals surface area contributed by atoms with Gasteiger partial charge in [0.25, 0.3) is 11.8 Å². The quantitative estimate of drug-likeness (QED) is 0.0803. The molecule has 7 rings (SSSR count). The molecule has 0 unspecified atom stereocenters. The minimum absolute atomic E-state index is 0.0306. The Kier molecular flexibility index (Phi) is 13.6. The topological polar surface area (TPSA) is 272 Å². The summed E-state index contributed by atoms with van der Waals surface area (Å²) >= 11 is 0. The second-order valence-electron chi connectivity index (χ2n) is 15.6. The molecule has 0 radical (unpaired) electrons. The highest BCUT2D eigenvalue weighted by molar-refractivity contribution is 7.88. The number of piperidine rings is 1. The van der Waals surface area contributed by atoms with Crippen molar-refractivity contribution in [3.05, 3.63) is 82.5 Å². The van der Waals surface area contributed by atoms with Crippen molar-refractivity contribution >= 4 is 67.6 Å². The fourth-order valence-electron chi connectivity index (χ4n) is 7.82. The molecule has 0 spiro atoms. The van der Waals surface area contributed by atoms with Crippen LogP contribution in [0.1, 0.15) is 79.8 Å². The average Bonchev–Trinajstić information content (AvgIpc) is 4.05. The summed E-state index contributed by atoms with van der Waals surface area (Å²) in [4.78, 5) is 61.8. The van der Waals surface area contributed by atoms with E-state index in [1.54, 1.807) is 44.5 Å². The molecule has 1 saturated heterocycles. The molecule has 0 saturated carbocycles. The highest BCUT2D eigenvalue weighted by Crippen LogP contribution is 2.33. The number of nitrogens with two attached hydrogens (primary N) is 2. The van der Waals surface area contributed by atoms with Crippen molar-refractivity contribution in [3.63, 3.8) is 0 Å². The lowest BCUT2D eigenvalue weighted by Gasteiger charge is -2.27. The Bertz CT molecular complexity index is 3090. The Morgan fingerprint density at radius 3 is 1.68 bits per heavy atom. The molecule has 1 fully saturated rings. The third-order valence-electron chi connectivity index (χ3n) is 11.0. The number of aryl methyl sites for hydroxylation is 4. The number of nitrogens with one attached hydrogen (secondary N) is 2. The number of sulfonamides is 1. The second-order valence-corrected chi connectivity index (χ2v) is 17.6. The lowest BCUT2D eigenvalue weighted by Crippen LogP contribution is -2.37. The molecule has 0 atom stereocenters. The summed E-state index contributed by atoms with van der Waals surface area (Å²) in [5.41, 5.74) is 15.2. The number of anilines is 2. The zero-order chi connectivity index (χ0) is 47.4. The number of hydrogen-bond acceptors (Lipinski definition) is 12. The first kappa shape index (κ1) is 46.5. The van der Waals surface area contributed by atoms with E-state index in [9.17, 15) is 27.6 Å². The van der Waals surface area contributed by atoms with Gasteiger partial charge in [0.15, 0.2) is 0 Å². The minimum atomic E-state index is -3.29. The van der Waals surface area contributed by atoms with Gasteiger partial charge in [-0.2, -0.15) is 10.2 Å². The normalized spacial score (nSPS) is 13.5. The van der Waals surface area contributed by atoms with E-state index in [4.69, 9.17) is 25.9 Å². The molecular weight excluding hydrogens is 871 g/mol. The van der Waals surface area contributed by atoms with Crippen molar-refractivity contribution in [1.29, 1.82) is 0 Å². The van der Waals surface area contributed by atoms with E-state index >= 15 is 0 Å². The van der Waals surface area contributed by atoms with Crippen LogP contribution in [0, 0.1) is 31.6 Å². The van der Waals surface area contributed by atoms with Crippen LogP contribution in [0.4, 0.5) is 11.9 Å². The molecular formula is C44H51N13O8S. The number of ether oxygens (including phenoxy) is 2. The number of primary amides is 2. The summed E-state index contributed by atoms with van der Waals surface area (Å²) in [6.07, 6.45) is 5.97. The van der Waals surface area contributed by atoms with Gasteiger partial charge in [-0.05, 0) is 76.9 Å². The standard InChI is InChI=1S/C44H51N13O8S/c1-7-56-33(20-26(3)51-56)41(60)49-43-47-31-22-29(39(45)58)24-35(64-5)37(31)54(43)15-9-10-16-55-38-32(48-44(55)50-42(61)34-21-27(4)52-57(34)8-2)23-30(40(46)59)25-36(38)65-19-11-12-28-13-17-53(18-14-28)66(6,62)63/h9-10,20-25,28H,7-8,13-19H2,1-6H3,(H2,45,58)(H2,46,59)(H,47,49,60)(H,48,50,61). The first-order chi connectivity index (χ1) is 31.5. The third kappa shape index (κ3) is 9.91. The highest BCUT2D eigenvalue weighted by Gasteiger charge is 2.25. The molecule has 6 N–H and O–H groups in total. The SMILES string of the molecule is CCn1nc(C)cc1C(=O)Nc1nc2cc(C(N)=O)cc(OC)c2n1CC=CCn1c(NC(=O)c2cc(C)nn2CC)nc2cc(C(N)=O)cc(OCC#CC3CCN(S(C)(=O)=O)CC3)c21. The summed E-state index contributed by atoms with van der Waals surface area (Å²) in [5, 5.41) is 14.6. The van der Waals surface area contributed by atoms with Crippen LogP contribution in [0.15, 0.2) is 48.6 Å². The zero-order valence-electron chi connectivity index (χ0n) is 37.4. The Balaban J connectivity index is 1.25. The summed E-state index contributed by atoms with van der Waals surface area (Å²) in [6.45, 7) is 9.11. The first-order valence-corrected chi connectivity index (χ1v) is 23.0. The number of nitrogens with zero attached hydrogens (tertiary/aromatic N) is 9. The Labute approximate surface area is 380 Å². The van der Waals surface area contributed by atoms with Gasteiger partial charge in [-0.25, -0.2) is 22.7 Å². The lowest BCUT2D eigenvalue weighted by molar-refractivity contribution is 0.0991. The molecule has 5 heterocycles. The van der Waals surface area contributed by atoms with Gasteiger partial charge in [0.1, 0.15) is 40.5 Å². The molecule has 0 aliphatic carbocycles. The van der Waals surface area contributed by atoms with Gasteiger partial charge in [-0.3, -0.25) is 39.2 Å². The van der Waals surface area contributed by atoms with Crippen LogP contribution in [0.25, 0.3) is 22.1 Å². The number of methoxy groups -OCH3 is 1. The van der Waals surface area contributed by atoms with Crippen LogP contribution in [0.3, 0.4) is 0 Å². The molecule has 1 aliphatic rings. The molecule has 66 heavy (non-hydrogen) atoms. The van der Waals surface area contributed by atoms with Crippen molar-refractivity contribution in [2.75, 3.05) is 43.7 Å². The Morgan fingerprint density at radius 1 is 0.773 bits per heavy atom. The number of imidazole rings is 2. The zero-order valence-corrected chi connectivity index (χ0v) is 38.2. The smallest absolute Gasteiger partial charge is 0.276 e. The number of fused-ring (bicyclic) bond motifs is 2. The number of amides is 4. The van der Waals surface area contributed by atoms with Crippen LogP contribution in [-0.4, -0.2) is 108 Å². The summed E-state index contributed by atoms with van der Waals surface area (Å²) in [6, 6.07) is 9.35. The van der Waals surface area contributed by atoms with Crippen LogP contribution in [0.2, 0.25) is 0 Å². The Hall–Kier alpha value is -7.51. The average molecular weight is 922 g/mol. The van der Waals surface area contributed by atoms with Crippen LogP contribution >= 0.6 is 0 Å². The molecule has 22 heteroatoms. The highest BCUT2D eigenvalue weighted by atomic mass is 32.2. The van der Waals surface area contributed by atoms with Gasteiger partial charge in [0, 0.05) is 56.3 Å². The summed E-state index contributed by atoms with van der Waals surface area (Å²) in [5.74, 6) is 4.65. The van der Waals surface area contributed by atoms with E-state index < -0.39 is 33.7 Å². The van der Waals surface area contributed by atoms with Gasteiger partial charge in [0.05, 0.1) is 35.8 Å². The van der Waals surface area contributed by atoms with E-state index in [1.807, 2.05) is 26.0 Å². The maximum Gasteiger partial charge on any atom is 0.276 e. The Morgan fingerprint density at radius 2 is 1.24 bits per heavy atom. The van der Waals surface area contributed by atoms with Crippen LogP contribution in [0.5, 0.6) is 11.5 Å². The van der Waals surface area contributed by atoms with Crippen molar-refractivity contribution in [2.24, 2.45) is 17.4 Å². The molecule has 0 bridgehead atoms. The molecule has 6 aromatic rings. The van der Waals surface area contributed by atoms with Gasteiger partial charge in [0.2, 0.25) is 33.7 Å². The van der Waals surface area contributed by atoms with E-state index in [2.05, 4.69) is 37.7 Å². The number of aromatic nitrogens is 8. The fraction of sp³-hybridized carbons (Fsp3) is 0.364. The molecule has 346 valence electrons. The lowest BCUT2D eigenvalue weighted by atomic mass is 9.99. The van der Waals surface area contributed by atoms with Crippen LogP contribution in [-0.2, 0) is 36.2 Å². The molecule has 21 nitrogen and oxygen atoms in total. The summed E-state index contributed by atoms with van der Waals surface area (Å²) in [7, 11) is -1.84. The number of allylic oxidation sites excluding steroid dienone is 2. The van der Waals surface area contributed by atoms with Crippen molar-refractivity contribution in [3.8, 4) is 23.3 Å². The van der Waals surface area contributed by atoms with E-state index in [-0.39, 0.29) is 54.4 Å². The maximum absolute atomic E-state index is 13.8. The molecule has 4 amide bonds. The van der Waals surface area contributed by atoms with Gasteiger partial charge in [-0.1, -0.05) is 24.0 Å². The molecule has 4 aromatic heterocycles. The number of carbonyl (C=O) groups excluding carboxylic acids is 4. The van der Waals surface area contributed by atoms with Gasteiger partial charge >= 0.3 is 0 Å². The number of carbonyl (C=O) groups is 4. The third-order valence-corrected chi connectivity index (χ3v) is 12.3. The monoisotopic (exact) mass is 921 g/mol. The van der Waals surface area contributed by atoms with E-state index in [0.29, 0.717) is 89.6 Å². The van der Waals surface area contributed by atoms with E-state index in [0.717, 1.165) is 0 Å².